The molecule has 3 nitrogen and oxygen atoms in total. The van der Waals surface area contributed by atoms with Crippen LogP contribution in [-0.4, -0.2) is 23.4 Å². The molecule has 0 aliphatic carbocycles. The van der Waals surface area contributed by atoms with Gasteiger partial charge in [0.25, 0.3) is 0 Å². The number of halogens is 1. The van der Waals surface area contributed by atoms with Crippen molar-refractivity contribution in [1.82, 2.24) is 10.6 Å². The van der Waals surface area contributed by atoms with Crippen LogP contribution in [0, 0.1) is 5.82 Å². The molecule has 3 N–H and O–H groups in total. The van der Waals surface area contributed by atoms with Gasteiger partial charge in [0, 0.05) is 6.54 Å². The zero-order valence-corrected chi connectivity index (χ0v) is 9.85. The third-order valence-corrected chi connectivity index (χ3v) is 2.36. The number of hydrogen-bond donors (Lipinski definition) is 3. The quantitative estimate of drug-likeness (QED) is 0.697. The van der Waals surface area contributed by atoms with Gasteiger partial charge in [0.05, 0.1) is 12.6 Å². The standard InChI is InChI=1S/C11H15FN2OS/c1-8(14-11(16)13-5-6-15)9-3-2-4-10(12)7-9/h2-4,7-8,15H,5-6H2,1H3,(H2,13,14,16). The summed E-state index contributed by atoms with van der Waals surface area (Å²) >= 11 is 5.00. The maximum absolute atomic E-state index is 13.0. The molecule has 1 unspecified atom stereocenters. The molecule has 0 aliphatic rings. The summed E-state index contributed by atoms with van der Waals surface area (Å²) in [6.07, 6.45) is 0. The SMILES string of the molecule is CC(NC(=S)NCCO)c1cccc(F)c1. The first-order valence-electron chi connectivity index (χ1n) is 5.04. The van der Waals surface area contributed by atoms with Crippen LogP contribution in [0.2, 0.25) is 0 Å². The molecule has 0 heterocycles. The first kappa shape index (κ1) is 12.9. The van der Waals surface area contributed by atoms with Crippen molar-refractivity contribution in [3.8, 4) is 0 Å². The van der Waals surface area contributed by atoms with Crippen LogP contribution in [0.15, 0.2) is 24.3 Å². The summed E-state index contributed by atoms with van der Waals surface area (Å²) in [6, 6.07) is 6.28. The second-order valence-electron chi connectivity index (χ2n) is 3.40. The second kappa shape index (κ2) is 6.40. The molecule has 0 spiro atoms. The lowest BCUT2D eigenvalue weighted by Gasteiger charge is -2.17. The summed E-state index contributed by atoms with van der Waals surface area (Å²) in [7, 11) is 0. The second-order valence-corrected chi connectivity index (χ2v) is 3.81. The van der Waals surface area contributed by atoms with Gasteiger partial charge >= 0.3 is 0 Å². The smallest absolute Gasteiger partial charge is 0.166 e. The van der Waals surface area contributed by atoms with Gasteiger partial charge in [-0.3, -0.25) is 0 Å². The molecular formula is C11H15FN2OS. The lowest BCUT2D eigenvalue weighted by Crippen LogP contribution is -2.38. The Morgan fingerprint density at radius 1 is 1.56 bits per heavy atom. The van der Waals surface area contributed by atoms with Crippen molar-refractivity contribution in [3.05, 3.63) is 35.6 Å². The zero-order valence-electron chi connectivity index (χ0n) is 9.03. The number of aliphatic hydroxyl groups excluding tert-OH is 1. The molecule has 0 radical (unpaired) electrons. The lowest BCUT2D eigenvalue weighted by molar-refractivity contribution is 0.300. The first-order chi connectivity index (χ1) is 7.63. The van der Waals surface area contributed by atoms with Gasteiger partial charge in [-0.1, -0.05) is 12.1 Å². The Balaban J connectivity index is 2.52. The molecule has 1 aromatic carbocycles. The van der Waals surface area contributed by atoms with Crippen LogP contribution in [0.25, 0.3) is 0 Å². The van der Waals surface area contributed by atoms with Gasteiger partial charge < -0.3 is 15.7 Å². The monoisotopic (exact) mass is 242 g/mol. The number of thiocarbonyl (C=S) groups is 1. The number of benzene rings is 1. The summed E-state index contributed by atoms with van der Waals surface area (Å²) in [6.45, 7) is 2.32. The van der Waals surface area contributed by atoms with Gasteiger partial charge in [0.1, 0.15) is 5.82 Å². The average molecular weight is 242 g/mol. The highest BCUT2D eigenvalue weighted by molar-refractivity contribution is 7.80. The average Bonchev–Trinajstić information content (AvgIpc) is 2.26. The molecule has 0 fully saturated rings. The molecule has 0 saturated heterocycles. The van der Waals surface area contributed by atoms with Crippen molar-refractivity contribution in [3.63, 3.8) is 0 Å². The molecule has 16 heavy (non-hydrogen) atoms. The molecule has 0 aliphatic heterocycles. The van der Waals surface area contributed by atoms with E-state index in [2.05, 4.69) is 10.6 Å². The number of rotatable bonds is 4. The van der Waals surface area contributed by atoms with E-state index in [-0.39, 0.29) is 18.5 Å². The number of aliphatic hydroxyl groups is 1. The van der Waals surface area contributed by atoms with Gasteiger partial charge in [-0.2, -0.15) is 0 Å². The molecule has 88 valence electrons. The van der Waals surface area contributed by atoms with Gasteiger partial charge in [0.2, 0.25) is 0 Å². The molecule has 1 rings (SSSR count). The Morgan fingerprint density at radius 3 is 2.94 bits per heavy atom. The summed E-state index contributed by atoms with van der Waals surface area (Å²) in [5.41, 5.74) is 0.827. The van der Waals surface area contributed by atoms with Crippen LogP contribution in [-0.2, 0) is 0 Å². The Bertz CT molecular complexity index is 360. The molecule has 0 bridgehead atoms. The van der Waals surface area contributed by atoms with E-state index in [4.69, 9.17) is 17.3 Å². The van der Waals surface area contributed by atoms with Crippen LogP contribution >= 0.6 is 12.2 Å². The van der Waals surface area contributed by atoms with E-state index < -0.39 is 0 Å². The molecule has 5 heteroatoms. The highest BCUT2D eigenvalue weighted by Gasteiger charge is 2.06. The third kappa shape index (κ3) is 4.12. The summed E-state index contributed by atoms with van der Waals surface area (Å²) in [4.78, 5) is 0. The molecule has 0 amide bonds. The lowest BCUT2D eigenvalue weighted by atomic mass is 10.1. The third-order valence-electron chi connectivity index (χ3n) is 2.09. The van der Waals surface area contributed by atoms with Gasteiger partial charge in [-0.05, 0) is 36.8 Å². The minimum Gasteiger partial charge on any atom is -0.395 e. The number of hydrogen-bond acceptors (Lipinski definition) is 2. The first-order valence-corrected chi connectivity index (χ1v) is 5.45. The van der Waals surface area contributed by atoms with Gasteiger partial charge in [0.15, 0.2) is 5.11 Å². The Morgan fingerprint density at radius 2 is 2.31 bits per heavy atom. The highest BCUT2D eigenvalue weighted by atomic mass is 32.1. The van der Waals surface area contributed by atoms with E-state index in [1.807, 2.05) is 13.0 Å². The highest BCUT2D eigenvalue weighted by Crippen LogP contribution is 2.12. The van der Waals surface area contributed by atoms with E-state index in [1.54, 1.807) is 6.07 Å². The van der Waals surface area contributed by atoms with Crippen molar-refractivity contribution in [2.45, 2.75) is 13.0 Å². The number of nitrogens with one attached hydrogen (secondary N) is 2. The summed E-state index contributed by atoms with van der Waals surface area (Å²) in [5.74, 6) is -0.264. The van der Waals surface area contributed by atoms with Crippen LogP contribution < -0.4 is 10.6 Å². The van der Waals surface area contributed by atoms with Crippen molar-refractivity contribution in [2.75, 3.05) is 13.2 Å². The zero-order chi connectivity index (χ0) is 12.0. The van der Waals surface area contributed by atoms with E-state index in [0.717, 1.165) is 5.56 Å². The molecule has 0 saturated carbocycles. The van der Waals surface area contributed by atoms with Crippen molar-refractivity contribution >= 4 is 17.3 Å². The normalized spacial score (nSPS) is 11.9. The Kier molecular flexibility index (Phi) is 5.14. The summed E-state index contributed by atoms with van der Waals surface area (Å²) < 4.78 is 13.0. The Hall–Kier alpha value is -1.20. The fraction of sp³-hybridized carbons (Fsp3) is 0.364. The van der Waals surface area contributed by atoms with Crippen LogP contribution in [0.3, 0.4) is 0 Å². The maximum Gasteiger partial charge on any atom is 0.166 e. The van der Waals surface area contributed by atoms with E-state index in [9.17, 15) is 4.39 Å². The molecule has 1 aromatic rings. The van der Waals surface area contributed by atoms with Crippen molar-refractivity contribution in [2.24, 2.45) is 0 Å². The van der Waals surface area contributed by atoms with E-state index in [0.29, 0.717) is 11.7 Å². The maximum atomic E-state index is 13.0. The molecular weight excluding hydrogens is 227 g/mol. The molecule has 1 atom stereocenters. The minimum atomic E-state index is -0.264. The fourth-order valence-corrected chi connectivity index (χ4v) is 1.56. The van der Waals surface area contributed by atoms with E-state index >= 15 is 0 Å². The molecule has 0 aromatic heterocycles. The fourth-order valence-electron chi connectivity index (χ4n) is 1.28. The van der Waals surface area contributed by atoms with Crippen molar-refractivity contribution in [1.29, 1.82) is 0 Å². The summed E-state index contributed by atoms with van der Waals surface area (Å²) in [5, 5.41) is 14.9. The van der Waals surface area contributed by atoms with Crippen LogP contribution in [0.4, 0.5) is 4.39 Å². The topological polar surface area (TPSA) is 44.3 Å². The Labute approximate surface area is 99.7 Å². The van der Waals surface area contributed by atoms with E-state index in [1.165, 1.54) is 12.1 Å². The van der Waals surface area contributed by atoms with Crippen LogP contribution in [0.1, 0.15) is 18.5 Å². The predicted octanol–water partition coefficient (Wildman–Crippen LogP) is 1.34. The minimum absolute atomic E-state index is 0.0240. The predicted molar refractivity (Wildman–Crippen MR) is 65.6 cm³/mol. The van der Waals surface area contributed by atoms with Crippen LogP contribution in [0.5, 0.6) is 0 Å². The van der Waals surface area contributed by atoms with Gasteiger partial charge in [-0.25, -0.2) is 4.39 Å². The van der Waals surface area contributed by atoms with Crippen molar-refractivity contribution < 1.29 is 9.50 Å². The largest absolute Gasteiger partial charge is 0.395 e. The van der Waals surface area contributed by atoms with Gasteiger partial charge in [-0.15, -0.1) is 0 Å².